The number of benzene rings is 2. The molecule has 1 aliphatic heterocycles. The van der Waals surface area contributed by atoms with Gasteiger partial charge in [0.25, 0.3) is 0 Å². The van der Waals surface area contributed by atoms with Crippen LogP contribution in [0.1, 0.15) is 22.7 Å². The fourth-order valence-corrected chi connectivity index (χ4v) is 2.90. The molecule has 1 amide bonds. The van der Waals surface area contributed by atoms with Gasteiger partial charge < -0.3 is 15.7 Å². The molecule has 0 fully saturated rings. The van der Waals surface area contributed by atoms with Gasteiger partial charge in [0.05, 0.1) is 12.6 Å². The lowest BCUT2D eigenvalue weighted by atomic mass is 10.1. The normalized spacial score (nSPS) is 17.5. The van der Waals surface area contributed by atoms with E-state index in [1.807, 2.05) is 55.5 Å². The molecular weight excluding hydrogens is 276 g/mol. The van der Waals surface area contributed by atoms with Crippen molar-refractivity contribution < 1.29 is 9.90 Å². The first kappa shape index (κ1) is 14.6. The van der Waals surface area contributed by atoms with E-state index in [4.69, 9.17) is 0 Å². The van der Waals surface area contributed by atoms with Crippen molar-refractivity contribution in [3.8, 4) is 0 Å². The van der Waals surface area contributed by atoms with E-state index in [0.29, 0.717) is 6.42 Å². The van der Waals surface area contributed by atoms with Crippen LogP contribution in [0.3, 0.4) is 0 Å². The number of hydrogen-bond acceptors (Lipinski definition) is 3. The third-order valence-corrected chi connectivity index (χ3v) is 4.12. The standard InChI is InChI=1S/C18H20N2O2/c1-12-6-5-9-14-10-15(19-17(12)14)18(22)20-16(11-21)13-7-3-2-4-8-13/h2-9,15-16,19,21H,10-11H2,1H3,(H,20,22)/t15?,16-/m1/s1. The van der Waals surface area contributed by atoms with Crippen molar-refractivity contribution in [2.75, 3.05) is 11.9 Å². The number of carbonyl (C=O) groups is 1. The van der Waals surface area contributed by atoms with Crippen molar-refractivity contribution in [2.24, 2.45) is 0 Å². The van der Waals surface area contributed by atoms with Gasteiger partial charge in [-0.1, -0.05) is 48.5 Å². The number of carbonyl (C=O) groups excluding carboxylic acids is 1. The molecule has 1 unspecified atom stereocenters. The molecule has 4 heteroatoms. The average molecular weight is 296 g/mol. The SMILES string of the molecule is Cc1cccc2c1NC(C(=O)N[C@H](CO)c1ccccc1)C2. The summed E-state index contributed by atoms with van der Waals surface area (Å²) in [6.07, 6.45) is 0.676. The third kappa shape index (κ3) is 2.83. The van der Waals surface area contributed by atoms with Gasteiger partial charge in [-0.2, -0.15) is 0 Å². The van der Waals surface area contributed by atoms with Crippen LogP contribution in [-0.4, -0.2) is 23.7 Å². The van der Waals surface area contributed by atoms with Gasteiger partial charge in [-0.3, -0.25) is 4.79 Å². The Morgan fingerprint density at radius 3 is 2.73 bits per heavy atom. The van der Waals surface area contributed by atoms with Crippen LogP contribution in [-0.2, 0) is 11.2 Å². The number of para-hydroxylation sites is 1. The van der Waals surface area contributed by atoms with Crippen molar-refractivity contribution in [1.82, 2.24) is 5.32 Å². The molecule has 22 heavy (non-hydrogen) atoms. The van der Waals surface area contributed by atoms with Gasteiger partial charge in [0.2, 0.25) is 5.91 Å². The molecule has 0 aliphatic carbocycles. The van der Waals surface area contributed by atoms with Crippen LogP contribution in [0.4, 0.5) is 5.69 Å². The molecule has 1 aliphatic rings. The summed E-state index contributed by atoms with van der Waals surface area (Å²) in [4.78, 5) is 12.5. The second-order valence-electron chi connectivity index (χ2n) is 5.66. The molecule has 3 rings (SSSR count). The molecule has 0 spiro atoms. The van der Waals surface area contributed by atoms with Crippen LogP contribution in [0.2, 0.25) is 0 Å². The summed E-state index contributed by atoms with van der Waals surface area (Å²) < 4.78 is 0. The average Bonchev–Trinajstić information content (AvgIpc) is 2.99. The van der Waals surface area contributed by atoms with Crippen molar-refractivity contribution in [1.29, 1.82) is 0 Å². The van der Waals surface area contributed by atoms with Crippen molar-refractivity contribution in [3.05, 3.63) is 65.2 Å². The summed E-state index contributed by atoms with van der Waals surface area (Å²) in [7, 11) is 0. The van der Waals surface area contributed by atoms with Crippen LogP contribution in [0, 0.1) is 6.92 Å². The van der Waals surface area contributed by atoms with E-state index in [2.05, 4.69) is 10.6 Å². The predicted octanol–water partition coefficient (Wildman–Crippen LogP) is 2.18. The molecule has 0 aromatic heterocycles. The number of aliphatic hydroxyl groups excluding tert-OH is 1. The smallest absolute Gasteiger partial charge is 0.243 e. The molecule has 0 saturated heterocycles. The summed E-state index contributed by atoms with van der Waals surface area (Å²) in [6, 6.07) is 15.0. The van der Waals surface area contributed by atoms with E-state index in [9.17, 15) is 9.90 Å². The number of fused-ring (bicyclic) bond motifs is 1. The molecule has 0 radical (unpaired) electrons. The number of amides is 1. The second-order valence-corrected chi connectivity index (χ2v) is 5.66. The minimum atomic E-state index is -0.375. The van der Waals surface area contributed by atoms with Crippen molar-refractivity contribution >= 4 is 11.6 Å². The lowest BCUT2D eigenvalue weighted by Gasteiger charge is -2.20. The minimum absolute atomic E-state index is 0.0847. The zero-order valence-electron chi connectivity index (χ0n) is 12.5. The highest BCUT2D eigenvalue weighted by Gasteiger charge is 2.28. The Kier molecular flexibility index (Phi) is 4.11. The van der Waals surface area contributed by atoms with Crippen LogP contribution >= 0.6 is 0 Å². The Labute approximate surface area is 130 Å². The molecule has 2 aromatic carbocycles. The number of aryl methyl sites for hydroxylation is 1. The van der Waals surface area contributed by atoms with Crippen molar-refractivity contribution in [3.63, 3.8) is 0 Å². The van der Waals surface area contributed by atoms with Gasteiger partial charge in [0, 0.05) is 12.1 Å². The molecule has 4 nitrogen and oxygen atoms in total. The number of rotatable bonds is 4. The molecule has 1 heterocycles. The molecule has 0 bridgehead atoms. The Balaban J connectivity index is 1.70. The quantitative estimate of drug-likeness (QED) is 0.810. The van der Waals surface area contributed by atoms with E-state index in [1.54, 1.807) is 0 Å². The largest absolute Gasteiger partial charge is 0.394 e. The first-order valence-corrected chi connectivity index (χ1v) is 7.50. The maximum Gasteiger partial charge on any atom is 0.243 e. The Morgan fingerprint density at radius 1 is 1.27 bits per heavy atom. The zero-order valence-corrected chi connectivity index (χ0v) is 12.5. The van der Waals surface area contributed by atoms with Gasteiger partial charge in [-0.05, 0) is 23.6 Å². The maximum absolute atomic E-state index is 12.5. The van der Waals surface area contributed by atoms with E-state index in [-0.39, 0.29) is 24.6 Å². The monoisotopic (exact) mass is 296 g/mol. The van der Waals surface area contributed by atoms with Gasteiger partial charge in [0.1, 0.15) is 6.04 Å². The number of nitrogens with one attached hydrogen (secondary N) is 2. The summed E-state index contributed by atoms with van der Waals surface area (Å²) in [5.41, 5.74) is 4.28. The van der Waals surface area contributed by atoms with E-state index < -0.39 is 0 Å². The molecular formula is C18H20N2O2. The summed E-state index contributed by atoms with van der Waals surface area (Å²) >= 11 is 0. The van der Waals surface area contributed by atoms with Gasteiger partial charge in [-0.15, -0.1) is 0 Å². The molecule has 2 atom stereocenters. The lowest BCUT2D eigenvalue weighted by molar-refractivity contribution is -0.122. The van der Waals surface area contributed by atoms with Gasteiger partial charge in [-0.25, -0.2) is 0 Å². The molecule has 114 valence electrons. The Bertz CT molecular complexity index is 670. The third-order valence-electron chi connectivity index (χ3n) is 4.12. The van der Waals surface area contributed by atoms with Gasteiger partial charge >= 0.3 is 0 Å². The highest BCUT2D eigenvalue weighted by Crippen LogP contribution is 2.29. The van der Waals surface area contributed by atoms with E-state index in [0.717, 1.165) is 16.8 Å². The lowest BCUT2D eigenvalue weighted by Crippen LogP contribution is -2.41. The highest BCUT2D eigenvalue weighted by molar-refractivity contribution is 5.88. The first-order chi connectivity index (χ1) is 10.7. The van der Waals surface area contributed by atoms with Crippen molar-refractivity contribution in [2.45, 2.75) is 25.4 Å². The first-order valence-electron chi connectivity index (χ1n) is 7.50. The van der Waals surface area contributed by atoms with Crippen LogP contribution in [0.15, 0.2) is 48.5 Å². The predicted molar refractivity (Wildman–Crippen MR) is 86.7 cm³/mol. The fourth-order valence-electron chi connectivity index (χ4n) is 2.90. The van der Waals surface area contributed by atoms with Crippen LogP contribution in [0.5, 0.6) is 0 Å². The summed E-state index contributed by atoms with van der Waals surface area (Å²) in [6.45, 7) is 1.92. The Morgan fingerprint density at radius 2 is 2.05 bits per heavy atom. The molecule has 2 aromatic rings. The fraction of sp³-hybridized carbons (Fsp3) is 0.278. The summed E-state index contributed by atoms with van der Waals surface area (Å²) in [5, 5.41) is 15.8. The number of aliphatic hydroxyl groups is 1. The minimum Gasteiger partial charge on any atom is -0.394 e. The topological polar surface area (TPSA) is 61.4 Å². The van der Waals surface area contributed by atoms with E-state index in [1.165, 1.54) is 5.56 Å². The zero-order chi connectivity index (χ0) is 15.5. The summed E-state index contributed by atoms with van der Waals surface area (Å²) in [5.74, 6) is -0.0847. The number of hydrogen-bond donors (Lipinski definition) is 3. The molecule has 0 saturated carbocycles. The van der Waals surface area contributed by atoms with Gasteiger partial charge in [0.15, 0.2) is 0 Å². The maximum atomic E-state index is 12.5. The second kappa shape index (κ2) is 6.20. The van der Waals surface area contributed by atoms with Crippen LogP contribution in [0.25, 0.3) is 0 Å². The Hall–Kier alpha value is -2.33. The highest BCUT2D eigenvalue weighted by atomic mass is 16.3. The number of anilines is 1. The van der Waals surface area contributed by atoms with E-state index >= 15 is 0 Å². The molecule has 3 N–H and O–H groups in total. The van der Waals surface area contributed by atoms with Crippen LogP contribution < -0.4 is 10.6 Å².